The molecule has 0 spiro atoms. The minimum absolute atomic E-state index is 0.182. The summed E-state index contributed by atoms with van der Waals surface area (Å²) in [5, 5.41) is 1.12. The molecule has 1 aromatic heterocycles. The fourth-order valence-corrected chi connectivity index (χ4v) is 4.49. The zero-order valence-electron chi connectivity index (χ0n) is 18.8. The summed E-state index contributed by atoms with van der Waals surface area (Å²) in [6.45, 7) is 0.752. The smallest absolute Gasteiger partial charge is 0.218 e. The summed E-state index contributed by atoms with van der Waals surface area (Å²) in [5.74, 6) is 0.981. The van der Waals surface area contributed by atoms with Crippen LogP contribution in [0.4, 0.5) is 0 Å². The van der Waals surface area contributed by atoms with E-state index in [0.29, 0.717) is 0 Å². The van der Waals surface area contributed by atoms with Gasteiger partial charge in [-0.25, -0.2) is 0 Å². The molecule has 5 rings (SSSR count). The summed E-state index contributed by atoms with van der Waals surface area (Å²) in [6, 6.07) is 36.3. The Hall–Kier alpha value is -4.31. The normalized spacial score (nSPS) is 11.9. The van der Waals surface area contributed by atoms with Crippen LogP contribution in [-0.4, -0.2) is 10.5 Å². The maximum atomic E-state index is 12.2. The van der Waals surface area contributed by atoms with Gasteiger partial charge in [0, 0.05) is 36.0 Å². The number of nitrogens with zero attached hydrogens (tertiary/aromatic N) is 1. The quantitative estimate of drug-likeness (QED) is 0.296. The van der Waals surface area contributed by atoms with E-state index in [1.54, 1.807) is 0 Å². The molecule has 168 valence electrons. The Labute approximate surface area is 199 Å². The van der Waals surface area contributed by atoms with Crippen LogP contribution in [-0.2, 0) is 11.3 Å². The van der Waals surface area contributed by atoms with Gasteiger partial charge in [0.05, 0.1) is 0 Å². The van der Waals surface area contributed by atoms with Crippen molar-refractivity contribution < 1.29 is 9.53 Å². The predicted octanol–water partition coefficient (Wildman–Crippen LogP) is 6.49. The second kappa shape index (κ2) is 9.67. The topological polar surface area (TPSA) is 57.3 Å². The molecular formula is C30H26N2O2. The van der Waals surface area contributed by atoms with Crippen molar-refractivity contribution in [1.82, 2.24) is 4.57 Å². The monoisotopic (exact) mass is 446 g/mol. The number of benzene rings is 4. The Morgan fingerprint density at radius 1 is 0.794 bits per heavy atom. The Bertz CT molecular complexity index is 1410. The lowest BCUT2D eigenvalue weighted by Gasteiger charge is -2.17. The molecular weight excluding hydrogens is 420 g/mol. The van der Waals surface area contributed by atoms with Crippen molar-refractivity contribution in [3.63, 3.8) is 0 Å². The van der Waals surface area contributed by atoms with Crippen molar-refractivity contribution in [2.75, 3.05) is 0 Å². The molecule has 0 saturated carbocycles. The number of hydrogen-bond acceptors (Lipinski definition) is 2. The first-order valence-corrected chi connectivity index (χ1v) is 11.4. The number of para-hydroxylation sites is 2. The van der Waals surface area contributed by atoms with E-state index in [1.165, 1.54) is 5.56 Å². The Balaban J connectivity index is 1.56. The van der Waals surface area contributed by atoms with Gasteiger partial charge in [0.1, 0.15) is 11.5 Å². The largest absolute Gasteiger partial charge is 0.457 e. The number of ether oxygens (including phenoxy) is 1. The molecule has 4 heteroatoms. The second-order valence-electron chi connectivity index (χ2n) is 8.43. The summed E-state index contributed by atoms with van der Waals surface area (Å²) in [7, 11) is 0. The number of carbonyl (C=O) groups excluding carboxylic acids is 1. The minimum atomic E-state index is -0.334. The molecule has 0 aliphatic carbocycles. The SMILES string of the molecule is NC(=O)C[C@H](c1cccc(Oc2ccccc2)c1)c1cn(Cc2ccccc2)c2ccccc12. The Morgan fingerprint density at radius 3 is 2.24 bits per heavy atom. The zero-order chi connectivity index (χ0) is 23.3. The highest BCUT2D eigenvalue weighted by molar-refractivity contribution is 5.86. The van der Waals surface area contributed by atoms with E-state index in [9.17, 15) is 4.79 Å². The maximum absolute atomic E-state index is 12.2. The number of hydrogen-bond donors (Lipinski definition) is 1. The van der Waals surface area contributed by atoms with Gasteiger partial charge in [0.25, 0.3) is 0 Å². The van der Waals surface area contributed by atoms with Gasteiger partial charge in [-0.05, 0) is 47.0 Å². The Morgan fingerprint density at radius 2 is 1.47 bits per heavy atom. The highest BCUT2D eigenvalue weighted by atomic mass is 16.5. The van der Waals surface area contributed by atoms with E-state index >= 15 is 0 Å². The van der Waals surface area contributed by atoms with Crippen molar-refractivity contribution in [2.24, 2.45) is 5.73 Å². The molecule has 0 saturated heterocycles. The molecule has 4 nitrogen and oxygen atoms in total. The molecule has 1 heterocycles. The van der Waals surface area contributed by atoms with Crippen molar-refractivity contribution in [3.8, 4) is 11.5 Å². The van der Waals surface area contributed by atoms with Crippen molar-refractivity contribution in [1.29, 1.82) is 0 Å². The van der Waals surface area contributed by atoms with Crippen LogP contribution in [0.2, 0.25) is 0 Å². The van der Waals surface area contributed by atoms with Gasteiger partial charge < -0.3 is 15.0 Å². The average Bonchev–Trinajstić information content (AvgIpc) is 3.22. The van der Waals surface area contributed by atoms with E-state index in [2.05, 4.69) is 47.2 Å². The number of nitrogens with two attached hydrogens (primary N) is 1. The predicted molar refractivity (Wildman–Crippen MR) is 136 cm³/mol. The van der Waals surface area contributed by atoms with Gasteiger partial charge in [-0.3, -0.25) is 4.79 Å². The highest BCUT2D eigenvalue weighted by Gasteiger charge is 2.22. The van der Waals surface area contributed by atoms with Crippen LogP contribution in [0, 0.1) is 0 Å². The van der Waals surface area contributed by atoms with Gasteiger partial charge >= 0.3 is 0 Å². The Kier molecular flexibility index (Phi) is 6.13. The number of aromatic nitrogens is 1. The van der Waals surface area contributed by atoms with Crippen molar-refractivity contribution in [2.45, 2.75) is 18.9 Å². The molecule has 0 aliphatic rings. The highest BCUT2D eigenvalue weighted by Crippen LogP contribution is 2.36. The molecule has 1 amide bonds. The first-order valence-electron chi connectivity index (χ1n) is 11.4. The molecule has 0 unspecified atom stereocenters. The minimum Gasteiger partial charge on any atom is -0.457 e. The first-order chi connectivity index (χ1) is 16.7. The van der Waals surface area contributed by atoms with E-state index in [4.69, 9.17) is 10.5 Å². The zero-order valence-corrected chi connectivity index (χ0v) is 18.8. The van der Waals surface area contributed by atoms with Crippen LogP contribution in [0.25, 0.3) is 10.9 Å². The van der Waals surface area contributed by atoms with Crippen LogP contribution >= 0.6 is 0 Å². The lowest BCUT2D eigenvalue weighted by molar-refractivity contribution is -0.118. The van der Waals surface area contributed by atoms with Crippen LogP contribution in [0.1, 0.15) is 29.0 Å². The van der Waals surface area contributed by atoms with E-state index in [1.807, 2.05) is 72.8 Å². The number of amides is 1. The summed E-state index contributed by atoms with van der Waals surface area (Å²) < 4.78 is 8.31. The average molecular weight is 447 g/mol. The molecule has 0 fully saturated rings. The lowest BCUT2D eigenvalue weighted by atomic mass is 9.88. The van der Waals surface area contributed by atoms with Crippen LogP contribution in [0.5, 0.6) is 11.5 Å². The third kappa shape index (κ3) is 4.71. The van der Waals surface area contributed by atoms with E-state index in [0.717, 1.165) is 40.1 Å². The molecule has 2 N–H and O–H groups in total. The molecule has 1 atom stereocenters. The van der Waals surface area contributed by atoms with Gasteiger partial charge in [0.2, 0.25) is 5.91 Å². The third-order valence-corrected chi connectivity index (χ3v) is 6.04. The molecule has 34 heavy (non-hydrogen) atoms. The van der Waals surface area contributed by atoms with Gasteiger partial charge in [0.15, 0.2) is 0 Å². The van der Waals surface area contributed by atoms with E-state index in [-0.39, 0.29) is 18.2 Å². The number of rotatable bonds is 8. The third-order valence-electron chi connectivity index (χ3n) is 6.04. The number of fused-ring (bicyclic) bond motifs is 1. The molecule has 0 aliphatic heterocycles. The fraction of sp³-hybridized carbons (Fsp3) is 0.100. The molecule has 0 radical (unpaired) electrons. The van der Waals surface area contributed by atoms with Crippen molar-refractivity contribution in [3.05, 3.63) is 132 Å². The van der Waals surface area contributed by atoms with E-state index < -0.39 is 0 Å². The van der Waals surface area contributed by atoms with Crippen LogP contribution < -0.4 is 10.5 Å². The summed E-state index contributed by atoms with van der Waals surface area (Å²) in [5.41, 5.74) is 10.2. The van der Waals surface area contributed by atoms with Crippen molar-refractivity contribution >= 4 is 16.8 Å². The first kappa shape index (κ1) is 21.5. The van der Waals surface area contributed by atoms with Gasteiger partial charge in [-0.1, -0.05) is 78.9 Å². The van der Waals surface area contributed by atoms with Gasteiger partial charge in [-0.2, -0.15) is 0 Å². The fourth-order valence-electron chi connectivity index (χ4n) is 4.49. The molecule has 5 aromatic rings. The summed E-state index contributed by atoms with van der Waals surface area (Å²) in [4.78, 5) is 12.2. The lowest BCUT2D eigenvalue weighted by Crippen LogP contribution is -2.16. The van der Waals surface area contributed by atoms with Gasteiger partial charge in [-0.15, -0.1) is 0 Å². The summed E-state index contributed by atoms with van der Waals surface area (Å²) >= 11 is 0. The van der Waals surface area contributed by atoms with Crippen LogP contribution in [0.15, 0.2) is 115 Å². The number of primary amides is 1. The molecule has 4 aromatic carbocycles. The second-order valence-corrected chi connectivity index (χ2v) is 8.43. The standard InChI is InChI=1S/C30H26N2O2/c31-30(33)19-27(23-12-9-15-25(18-23)34-24-13-5-2-6-14-24)28-21-32(20-22-10-3-1-4-11-22)29-17-8-7-16-26(28)29/h1-18,21,27H,19-20H2,(H2,31,33)/t27-/m1/s1. The summed E-state index contributed by atoms with van der Waals surface area (Å²) in [6.07, 6.45) is 2.38. The van der Waals surface area contributed by atoms with Crippen LogP contribution in [0.3, 0.4) is 0 Å². The maximum Gasteiger partial charge on any atom is 0.218 e. The molecule has 0 bridgehead atoms. The number of carbonyl (C=O) groups is 1.